The van der Waals surface area contributed by atoms with Gasteiger partial charge < -0.3 is 14.8 Å². The average Bonchev–Trinajstić information content (AvgIpc) is 2.94. The smallest absolute Gasteiger partial charge is 0.341 e. The number of rotatable bonds is 6. The normalized spacial score (nSPS) is 10.9. The molecule has 7 heteroatoms. The number of benzene rings is 1. The van der Waals surface area contributed by atoms with E-state index in [1.807, 2.05) is 26.0 Å². The number of carbonyl (C=O) groups is 2. The molecule has 0 atom stereocenters. The van der Waals surface area contributed by atoms with E-state index < -0.39 is 11.9 Å². The molecule has 1 heterocycles. The average molecular weight is 398 g/mol. The number of hydrogen-bond donors (Lipinski definition) is 1. The minimum atomic E-state index is -0.589. The summed E-state index contributed by atoms with van der Waals surface area (Å²) in [5.74, 6) is -0.417. The number of carbonyl (C=O) groups excluding carboxylic acids is 2. The first-order valence-electron chi connectivity index (χ1n) is 8.67. The van der Waals surface area contributed by atoms with Crippen LogP contribution in [0.3, 0.4) is 0 Å². The summed E-state index contributed by atoms with van der Waals surface area (Å²) in [6, 6.07) is 7.32. The highest BCUT2D eigenvalue weighted by Crippen LogP contribution is 2.33. The van der Waals surface area contributed by atoms with Crippen molar-refractivity contribution in [3.63, 3.8) is 0 Å². The number of nitrogens with one attached hydrogen (secondary N) is 1. The van der Waals surface area contributed by atoms with Gasteiger partial charge in [-0.2, -0.15) is 5.26 Å². The Labute approximate surface area is 168 Å². The number of thiophene rings is 1. The lowest BCUT2D eigenvalue weighted by Gasteiger charge is -2.07. The molecule has 28 heavy (non-hydrogen) atoms. The first kappa shape index (κ1) is 21.2. The highest BCUT2D eigenvalue weighted by molar-refractivity contribution is 7.16. The van der Waals surface area contributed by atoms with Crippen molar-refractivity contribution in [1.29, 1.82) is 5.26 Å². The Morgan fingerprint density at radius 3 is 2.61 bits per heavy atom. The molecule has 0 saturated carbocycles. The van der Waals surface area contributed by atoms with Crippen LogP contribution in [0.25, 0.3) is 6.08 Å². The lowest BCUT2D eigenvalue weighted by molar-refractivity contribution is -0.112. The molecule has 6 nitrogen and oxygen atoms in total. The van der Waals surface area contributed by atoms with Crippen LogP contribution in [0, 0.1) is 32.1 Å². The predicted molar refractivity (Wildman–Crippen MR) is 110 cm³/mol. The molecular formula is C21H22N2O4S. The molecule has 0 radical (unpaired) electrons. The van der Waals surface area contributed by atoms with Crippen molar-refractivity contribution in [2.75, 3.05) is 19.0 Å². The van der Waals surface area contributed by atoms with E-state index >= 15 is 0 Å². The number of ether oxygens (including phenoxy) is 2. The lowest BCUT2D eigenvalue weighted by atomic mass is 10.1. The lowest BCUT2D eigenvalue weighted by Crippen LogP contribution is -2.16. The number of nitrogens with zero attached hydrogens (tertiary/aromatic N) is 1. The molecule has 0 aliphatic heterocycles. The number of aryl methyl sites for hydroxylation is 2. The molecule has 0 aliphatic rings. The van der Waals surface area contributed by atoms with Crippen molar-refractivity contribution >= 4 is 34.3 Å². The van der Waals surface area contributed by atoms with Gasteiger partial charge in [-0.3, -0.25) is 4.79 Å². The van der Waals surface area contributed by atoms with Gasteiger partial charge in [-0.1, -0.05) is 12.1 Å². The maximum Gasteiger partial charge on any atom is 0.341 e. The maximum absolute atomic E-state index is 12.6. The van der Waals surface area contributed by atoms with Crippen LogP contribution in [0.15, 0.2) is 23.8 Å². The second-order valence-electron chi connectivity index (χ2n) is 6.06. The quantitative estimate of drug-likeness (QED) is 0.442. The molecule has 0 fully saturated rings. The second-order valence-corrected chi connectivity index (χ2v) is 7.29. The SMILES string of the molecule is CCOC(=O)c1c(NC(=O)/C(C#N)=C/c2ccc(C)c(OC)c2)sc(C)c1C. The van der Waals surface area contributed by atoms with E-state index in [1.54, 1.807) is 33.1 Å². The van der Waals surface area contributed by atoms with Gasteiger partial charge in [-0.15, -0.1) is 11.3 Å². The molecule has 0 unspecified atom stereocenters. The van der Waals surface area contributed by atoms with Crippen molar-refractivity contribution in [2.45, 2.75) is 27.7 Å². The van der Waals surface area contributed by atoms with Gasteiger partial charge in [0, 0.05) is 4.88 Å². The van der Waals surface area contributed by atoms with Crippen molar-refractivity contribution in [2.24, 2.45) is 0 Å². The fraction of sp³-hybridized carbons (Fsp3) is 0.286. The highest BCUT2D eigenvalue weighted by atomic mass is 32.1. The Kier molecular flexibility index (Phi) is 6.96. The third-order valence-corrected chi connectivity index (χ3v) is 5.32. The Hall–Kier alpha value is -3.11. The van der Waals surface area contributed by atoms with E-state index in [-0.39, 0.29) is 12.2 Å². The van der Waals surface area contributed by atoms with Gasteiger partial charge in [0.1, 0.15) is 22.4 Å². The van der Waals surface area contributed by atoms with E-state index in [0.29, 0.717) is 21.9 Å². The number of nitriles is 1. The maximum atomic E-state index is 12.6. The van der Waals surface area contributed by atoms with Gasteiger partial charge in [0.2, 0.25) is 0 Å². The molecule has 0 spiro atoms. The van der Waals surface area contributed by atoms with Crippen molar-refractivity contribution in [3.8, 4) is 11.8 Å². The molecular weight excluding hydrogens is 376 g/mol. The van der Waals surface area contributed by atoms with E-state index in [0.717, 1.165) is 16.0 Å². The Bertz CT molecular complexity index is 983. The Morgan fingerprint density at radius 2 is 2.00 bits per heavy atom. The number of amides is 1. The van der Waals surface area contributed by atoms with E-state index in [2.05, 4.69) is 5.32 Å². The second kappa shape index (κ2) is 9.20. The molecule has 1 aromatic carbocycles. The van der Waals surface area contributed by atoms with Gasteiger partial charge in [0.15, 0.2) is 0 Å². The fourth-order valence-electron chi connectivity index (χ4n) is 2.58. The highest BCUT2D eigenvalue weighted by Gasteiger charge is 2.23. The summed E-state index contributed by atoms with van der Waals surface area (Å²) in [7, 11) is 1.56. The van der Waals surface area contributed by atoms with Crippen LogP contribution in [-0.4, -0.2) is 25.6 Å². The molecule has 2 aromatic rings. The Balaban J connectivity index is 2.34. The number of esters is 1. The standard InChI is InChI=1S/C21H22N2O4S/c1-6-27-21(25)18-13(3)14(4)28-20(18)23-19(24)16(11-22)9-15-8-7-12(2)17(10-15)26-5/h7-10H,6H2,1-5H3,(H,23,24)/b16-9+. The monoisotopic (exact) mass is 398 g/mol. The zero-order valence-corrected chi connectivity index (χ0v) is 17.3. The van der Waals surface area contributed by atoms with Crippen LogP contribution in [0.4, 0.5) is 5.00 Å². The van der Waals surface area contributed by atoms with Gasteiger partial charge in [-0.25, -0.2) is 4.79 Å². The summed E-state index contributed by atoms with van der Waals surface area (Å²) in [6.45, 7) is 7.52. The van der Waals surface area contributed by atoms with Crippen LogP contribution < -0.4 is 10.1 Å². The third-order valence-electron chi connectivity index (χ3n) is 4.20. The fourth-order valence-corrected chi connectivity index (χ4v) is 3.62. The van der Waals surface area contributed by atoms with Crippen molar-refractivity contribution in [1.82, 2.24) is 0 Å². The number of methoxy groups -OCH3 is 1. The molecule has 0 bridgehead atoms. The minimum absolute atomic E-state index is 0.0792. The summed E-state index contributed by atoms with van der Waals surface area (Å²) >= 11 is 1.28. The molecule has 0 saturated heterocycles. The van der Waals surface area contributed by atoms with Crippen LogP contribution >= 0.6 is 11.3 Å². The summed E-state index contributed by atoms with van der Waals surface area (Å²) in [4.78, 5) is 25.8. The van der Waals surface area contributed by atoms with E-state index in [4.69, 9.17) is 9.47 Å². The van der Waals surface area contributed by atoms with Gasteiger partial charge in [0.25, 0.3) is 5.91 Å². The van der Waals surface area contributed by atoms with Gasteiger partial charge in [-0.05, 0) is 56.5 Å². The summed E-state index contributed by atoms with van der Waals surface area (Å²) in [6.07, 6.45) is 1.48. The van der Waals surface area contributed by atoms with E-state index in [9.17, 15) is 14.9 Å². The van der Waals surface area contributed by atoms with Crippen molar-refractivity contribution in [3.05, 3.63) is 50.9 Å². The zero-order valence-electron chi connectivity index (χ0n) is 16.5. The third kappa shape index (κ3) is 4.59. The summed E-state index contributed by atoms with van der Waals surface area (Å²) < 4.78 is 10.4. The largest absolute Gasteiger partial charge is 0.496 e. The Morgan fingerprint density at radius 1 is 1.29 bits per heavy atom. The molecule has 1 amide bonds. The predicted octanol–water partition coefficient (Wildman–Crippen LogP) is 4.40. The van der Waals surface area contributed by atoms with Gasteiger partial charge >= 0.3 is 5.97 Å². The first-order chi connectivity index (χ1) is 13.3. The number of anilines is 1. The molecule has 146 valence electrons. The summed E-state index contributed by atoms with van der Waals surface area (Å²) in [5.41, 5.74) is 2.62. The van der Waals surface area contributed by atoms with Crippen LogP contribution in [0.5, 0.6) is 5.75 Å². The molecule has 2 rings (SSSR count). The molecule has 0 aliphatic carbocycles. The van der Waals surface area contributed by atoms with E-state index in [1.165, 1.54) is 17.4 Å². The number of hydrogen-bond acceptors (Lipinski definition) is 6. The molecule has 1 aromatic heterocycles. The summed E-state index contributed by atoms with van der Waals surface area (Å²) in [5, 5.41) is 12.5. The van der Waals surface area contributed by atoms with Crippen LogP contribution in [0.1, 0.15) is 38.8 Å². The topological polar surface area (TPSA) is 88.4 Å². The molecule has 1 N–H and O–H groups in total. The van der Waals surface area contributed by atoms with Crippen LogP contribution in [-0.2, 0) is 9.53 Å². The zero-order chi connectivity index (χ0) is 20.8. The van der Waals surface area contributed by atoms with Crippen LogP contribution in [0.2, 0.25) is 0 Å². The first-order valence-corrected chi connectivity index (χ1v) is 9.48. The van der Waals surface area contributed by atoms with Gasteiger partial charge in [0.05, 0.1) is 19.3 Å². The van der Waals surface area contributed by atoms with Crippen molar-refractivity contribution < 1.29 is 19.1 Å². The minimum Gasteiger partial charge on any atom is -0.496 e.